The topological polar surface area (TPSA) is 110 Å². The molecule has 1 atom stereocenters. The normalized spacial score (nSPS) is 19.5. The molecule has 0 spiro atoms. The van der Waals surface area contributed by atoms with E-state index in [2.05, 4.69) is 27.5 Å². The molecule has 0 bridgehead atoms. The molecule has 2 heterocycles. The van der Waals surface area contributed by atoms with Crippen molar-refractivity contribution < 1.29 is 27.2 Å². The average Bonchev–Trinajstić information content (AvgIpc) is 3.43. The van der Waals surface area contributed by atoms with E-state index in [0.29, 0.717) is 18.9 Å². The van der Waals surface area contributed by atoms with Crippen LogP contribution in [0.25, 0.3) is 0 Å². The summed E-state index contributed by atoms with van der Waals surface area (Å²) in [6, 6.07) is 3.72. The number of halogens is 4. The van der Waals surface area contributed by atoms with Gasteiger partial charge in [-0.05, 0) is 31.0 Å². The molecule has 1 saturated carbocycles. The van der Waals surface area contributed by atoms with Gasteiger partial charge in [-0.1, -0.05) is 11.8 Å². The Kier molecular flexibility index (Phi) is 5.05. The van der Waals surface area contributed by atoms with Gasteiger partial charge in [0.25, 0.3) is 5.91 Å². The predicted octanol–water partition coefficient (Wildman–Crippen LogP) is 3.26. The van der Waals surface area contributed by atoms with Gasteiger partial charge in [0.1, 0.15) is 17.6 Å². The molecule has 4 N–H and O–H groups in total. The Morgan fingerprint density at radius 2 is 2.03 bits per heavy atom. The lowest BCUT2D eigenvalue weighted by Crippen LogP contribution is -2.59. The summed E-state index contributed by atoms with van der Waals surface area (Å²) in [7, 11) is 0. The van der Waals surface area contributed by atoms with Gasteiger partial charge in [-0.25, -0.2) is 9.18 Å². The van der Waals surface area contributed by atoms with Crippen molar-refractivity contribution in [2.75, 3.05) is 5.32 Å². The molecule has 0 saturated heterocycles. The number of rotatable bonds is 3. The Labute approximate surface area is 179 Å². The molecule has 1 fully saturated rings. The number of aromatic amines is 1. The van der Waals surface area contributed by atoms with E-state index in [1.54, 1.807) is 0 Å². The lowest BCUT2D eigenvalue weighted by Gasteiger charge is -2.37. The summed E-state index contributed by atoms with van der Waals surface area (Å²) in [5.41, 5.74) is -3.72. The molecule has 3 amide bonds. The number of anilines is 1. The Morgan fingerprint density at radius 1 is 1.28 bits per heavy atom. The van der Waals surface area contributed by atoms with Gasteiger partial charge in [0.2, 0.25) is 5.54 Å². The molecule has 4 rings (SSSR count). The Hall–Kier alpha value is -3.99. The molecule has 1 aromatic heterocycles. The minimum Gasteiger partial charge on any atom is -0.356 e. The number of urea groups is 1. The molecule has 32 heavy (non-hydrogen) atoms. The van der Waals surface area contributed by atoms with Crippen molar-refractivity contribution in [3.05, 3.63) is 52.6 Å². The van der Waals surface area contributed by atoms with Gasteiger partial charge in [0.05, 0.1) is 5.56 Å². The highest BCUT2D eigenvalue weighted by molar-refractivity contribution is 5.95. The first kappa shape index (κ1) is 21.2. The first-order valence-electron chi connectivity index (χ1n) is 9.51. The molecular weight excluding hydrogens is 430 g/mol. The number of amides is 3. The minimum absolute atomic E-state index is 0.0591. The highest BCUT2D eigenvalue weighted by Gasteiger charge is 2.59. The standard InChI is InChI=1S/C21H15F4N5O2/c22-15-7-14-16(6-13(15)10-28-18(31)17-5-12(8-26)9-27-17)29-19(32)30-20(14,21(23,24)25)4-3-11-1-2-11/h5-7,9,11,27H,1-2,10H2,(H,28,31)(H2,29,30,32)/t20-/m0/s1. The number of nitriles is 1. The summed E-state index contributed by atoms with van der Waals surface area (Å²) in [6.45, 7) is -0.366. The number of carbonyl (C=O) groups excluding carboxylic acids is 2. The zero-order chi connectivity index (χ0) is 23.1. The molecule has 11 heteroatoms. The Balaban J connectivity index is 1.66. The number of aromatic nitrogens is 1. The lowest BCUT2D eigenvalue weighted by atomic mass is 9.85. The summed E-state index contributed by atoms with van der Waals surface area (Å²) in [6.07, 6.45) is -2.35. The van der Waals surface area contributed by atoms with Crippen LogP contribution in [-0.4, -0.2) is 23.1 Å². The van der Waals surface area contributed by atoms with Crippen LogP contribution in [0.3, 0.4) is 0 Å². The monoisotopic (exact) mass is 445 g/mol. The van der Waals surface area contributed by atoms with Crippen molar-refractivity contribution in [1.29, 1.82) is 5.26 Å². The van der Waals surface area contributed by atoms with Crippen molar-refractivity contribution in [1.82, 2.24) is 15.6 Å². The first-order valence-corrected chi connectivity index (χ1v) is 9.51. The third kappa shape index (κ3) is 3.85. The van der Waals surface area contributed by atoms with Gasteiger partial charge in [-0.3, -0.25) is 4.79 Å². The van der Waals surface area contributed by atoms with E-state index in [1.165, 1.54) is 12.3 Å². The Bertz CT molecular complexity index is 1210. The first-order chi connectivity index (χ1) is 15.1. The lowest BCUT2D eigenvalue weighted by molar-refractivity contribution is -0.178. The fourth-order valence-corrected chi connectivity index (χ4v) is 3.25. The third-order valence-electron chi connectivity index (χ3n) is 5.10. The highest BCUT2D eigenvalue weighted by atomic mass is 19.4. The number of carbonyl (C=O) groups is 2. The van der Waals surface area contributed by atoms with E-state index < -0.39 is 35.0 Å². The van der Waals surface area contributed by atoms with E-state index in [9.17, 15) is 27.2 Å². The SMILES string of the molecule is N#Cc1c[nH]c(C(=O)NCc2cc3c(cc2F)[C@@](C#CC2CC2)(C(F)(F)F)NC(=O)N3)c1. The molecule has 0 radical (unpaired) electrons. The van der Waals surface area contributed by atoms with Crippen LogP contribution in [0, 0.1) is 34.9 Å². The van der Waals surface area contributed by atoms with Gasteiger partial charge < -0.3 is 20.9 Å². The van der Waals surface area contributed by atoms with Crippen molar-refractivity contribution in [3.63, 3.8) is 0 Å². The van der Waals surface area contributed by atoms with Crippen LogP contribution in [0.5, 0.6) is 0 Å². The van der Waals surface area contributed by atoms with Crippen molar-refractivity contribution in [3.8, 4) is 17.9 Å². The number of hydrogen-bond donors (Lipinski definition) is 4. The van der Waals surface area contributed by atoms with Crippen molar-refractivity contribution in [2.45, 2.75) is 31.1 Å². The van der Waals surface area contributed by atoms with E-state index >= 15 is 0 Å². The van der Waals surface area contributed by atoms with Gasteiger partial charge in [-0.15, -0.1) is 0 Å². The van der Waals surface area contributed by atoms with Crippen LogP contribution >= 0.6 is 0 Å². The number of alkyl halides is 3. The van der Waals surface area contributed by atoms with E-state index in [0.717, 1.165) is 6.07 Å². The van der Waals surface area contributed by atoms with Gasteiger partial charge in [-0.2, -0.15) is 18.4 Å². The number of nitrogens with zero attached hydrogens (tertiary/aromatic N) is 1. The largest absolute Gasteiger partial charge is 0.427 e. The van der Waals surface area contributed by atoms with Gasteiger partial charge >= 0.3 is 12.2 Å². The van der Waals surface area contributed by atoms with Crippen molar-refractivity contribution in [2.24, 2.45) is 5.92 Å². The van der Waals surface area contributed by atoms with Crippen LogP contribution < -0.4 is 16.0 Å². The van der Waals surface area contributed by atoms with Crippen LogP contribution in [0.2, 0.25) is 0 Å². The number of fused-ring (bicyclic) bond motifs is 1. The fraction of sp³-hybridized carbons (Fsp3) is 0.286. The number of hydrogen-bond acceptors (Lipinski definition) is 3. The summed E-state index contributed by atoms with van der Waals surface area (Å²) in [5, 5.41) is 15.3. The average molecular weight is 445 g/mol. The summed E-state index contributed by atoms with van der Waals surface area (Å²) in [5.74, 6) is 2.82. The van der Waals surface area contributed by atoms with E-state index in [-0.39, 0.29) is 35.0 Å². The minimum atomic E-state index is -5.00. The maximum absolute atomic E-state index is 14.8. The van der Waals surface area contributed by atoms with E-state index in [4.69, 9.17) is 5.26 Å². The number of H-pyrrole nitrogens is 1. The molecule has 1 aliphatic carbocycles. The predicted molar refractivity (Wildman–Crippen MR) is 103 cm³/mol. The second-order valence-electron chi connectivity index (χ2n) is 7.46. The number of nitrogens with one attached hydrogen (secondary N) is 4. The molecule has 1 aliphatic heterocycles. The maximum atomic E-state index is 14.8. The van der Waals surface area contributed by atoms with Crippen LogP contribution in [-0.2, 0) is 12.1 Å². The third-order valence-corrected chi connectivity index (χ3v) is 5.10. The molecule has 0 unspecified atom stereocenters. The van der Waals surface area contributed by atoms with Gasteiger partial charge in [0.15, 0.2) is 0 Å². The summed E-state index contributed by atoms with van der Waals surface area (Å²) < 4.78 is 57.0. The van der Waals surface area contributed by atoms with E-state index in [1.807, 2.05) is 11.4 Å². The molecule has 164 valence electrons. The second-order valence-corrected chi connectivity index (χ2v) is 7.46. The zero-order valence-corrected chi connectivity index (χ0v) is 16.3. The highest BCUT2D eigenvalue weighted by Crippen LogP contribution is 2.45. The smallest absolute Gasteiger partial charge is 0.356 e. The quantitative estimate of drug-likeness (QED) is 0.430. The van der Waals surface area contributed by atoms with Gasteiger partial charge in [0, 0.05) is 35.5 Å². The molecule has 2 aliphatic rings. The molecule has 7 nitrogen and oxygen atoms in total. The molecule has 2 aromatic rings. The number of benzene rings is 1. The maximum Gasteiger partial charge on any atom is 0.427 e. The molecular formula is C21H15F4N5O2. The summed E-state index contributed by atoms with van der Waals surface area (Å²) >= 11 is 0. The van der Waals surface area contributed by atoms with Crippen LogP contribution in [0.1, 0.15) is 40.0 Å². The Morgan fingerprint density at radius 3 is 2.66 bits per heavy atom. The van der Waals surface area contributed by atoms with Crippen LogP contribution in [0.4, 0.5) is 28.0 Å². The van der Waals surface area contributed by atoms with Crippen molar-refractivity contribution >= 4 is 17.6 Å². The second kappa shape index (κ2) is 7.61. The zero-order valence-electron chi connectivity index (χ0n) is 16.3. The fourth-order valence-electron chi connectivity index (χ4n) is 3.25. The van der Waals surface area contributed by atoms with Crippen LogP contribution in [0.15, 0.2) is 24.4 Å². The summed E-state index contributed by atoms with van der Waals surface area (Å²) in [4.78, 5) is 26.8. The molecule has 1 aromatic carbocycles.